The molecule has 0 bridgehead atoms. The molecule has 1 aromatic carbocycles. The highest BCUT2D eigenvalue weighted by Gasteiger charge is 2.45. The number of halogens is 2. The Kier molecular flexibility index (Phi) is 4.44. The molecule has 1 aliphatic heterocycles. The number of hydrogen-bond donors (Lipinski definition) is 2. The molecular weight excluding hydrogens is 340 g/mol. The summed E-state index contributed by atoms with van der Waals surface area (Å²) in [5.41, 5.74) is 0.263. The number of nitrogens with one attached hydrogen (secondary N) is 2. The van der Waals surface area contributed by atoms with Gasteiger partial charge in [-0.2, -0.15) is 10.1 Å². The van der Waals surface area contributed by atoms with Gasteiger partial charge in [0.25, 0.3) is 0 Å². The highest BCUT2D eigenvalue weighted by molar-refractivity contribution is 5.93. The Balaban J connectivity index is 1.43. The minimum absolute atomic E-state index is 0.231. The van der Waals surface area contributed by atoms with Gasteiger partial charge in [0.1, 0.15) is 11.6 Å². The summed E-state index contributed by atoms with van der Waals surface area (Å²) >= 11 is 0. The number of carbonyl (C=O) groups excluding carboxylic acids is 1. The third-order valence-electron chi connectivity index (χ3n) is 5.20. The van der Waals surface area contributed by atoms with Crippen LogP contribution in [0.25, 0.3) is 0 Å². The highest BCUT2D eigenvalue weighted by atomic mass is 19.1. The van der Waals surface area contributed by atoms with Crippen molar-refractivity contribution in [3.8, 4) is 0 Å². The normalized spacial score (nSPS) is 23.0. The summed E-state index contributed by atoms with van der Waals surface area (Å²) in [5, 5.41) is 10.5. The van der Waals surface area contributed by atoms with E-state index in [1.165, 1.54) is 6.07 Å². The molecule has 8 heteroatoms. The van der Waals surface area contributed by atoms with E-state index in [1.807, 2.05) is 0 Å². The maximum absolute atomic E-state index is 13.9. The molecular formula is C18H21F2N5O. The van der Waals surface area contributed by atoms with Crippen LogP contribution in [0.15, 0.2) is 18.2 Å². The van der Waals surface area contributed by atoms with Gasteiger partial charge in [-0.15, -0.1) is 0 Å². The molecule has 0 radical (unpaired) electrons. The maximum atomic E-state index is 13.9. The number of benzene rings is 1. The first-order valence-electron chi connectivity index (χ1n) is 8.90. The molecule has 2 atom stereocenters. The van der Waals surface area contributed by atoms with E-state index in [-0.39, 0.29) is 23.3 Å². The maximum Gasteiger partial charge on any atom is 0.230 e. The lowest BCUT2D eigenvalue weighted by Gasteiger charge is -2.19. The Morgan fingerprint density at radius 1 is 1.31 bits per heavy atom. The molecule has 2 fully saturated rings. The van der Waals surface area contributed by atoms with Crippen LogP contribution in [-0.4, -0.2) is 33.8 Å². The molecule has 2 unspecified atom stereocenters. The van der Waals surface area contributed by atoms with Crippen molar-refractivity contribution in [2.75, 3.05) is 18.4 Å². The van der Waals surface area contributed by atoms with Crippen molar-refractivity contribution in [3.63, 3.8) is 0 Å². The summed E-state index contributed by atoms with van der Waals surface area (Å²) in [4.78, 5) is 16.9. The van der Waals surface area contributed by atoms with Crippen molar-refractivity contribution in [3.05, 3.63) is 41.2 Å². The van der Waals surface area contributed by atoms with Crippen LogP contribution in [0.5, 0.6) is 0 Å². The SMILES string of the molecule is Cn1nc(C2CCNCC2)nc1NC(=O)C1CC1c1cc(F)ccc1F. The third kappa shape index (κ3) is 3.33. The predicted molar refractivity (Wildman–Crippen MR) is 91.7 cm³/mol. The second-order valence-electron chi connectivity index (χ2n) is 7.05. The van der Waals surface area contributed by atoms with Gasteiger partial charge in [0.2, 0.25) is 11.9 Å². The molecule has 0 spiro atoms. The summed E-state index contributed by atoms with van der Waals surface area (Å²) in [6.45, 7) is 1.88. The first-order valence-corrected chi connectivity index (χ1v) is 8.90. The van der Waals surface area contributed by atoms with Gasteiger partial charge in [0, 0.05) is 18.9 Å². The van der Waals surface area contributed by atoms with E-state index in [0.717, 1.165) is 43.9 Å². The molecule has 1 amide bonds. The lowest BCUT2D eigenvalue weighted by Crippen LogP contribution is -2.27. The number of rotatable bonds is 4. The van der Waals surface area contributed by atoms with Crippen molar-refractivity contribution in [2.24, 2.45) is 13.0 Å². The van der Waals surface area contributed by atoms with Gasteiger partial charge in [-0.25, -0.2) is 13.5 Å². The number of aryl methyl sites for hydroxylation is 1. The zero-order chi connectivity index (χ0) is 18.3. The molecule has 1 aromatic heterocycles. The van der Waals surface area contributed by atoms with E-state index >= 15 is 0 Å². The Morgan fingerprint density at radius 3 is 2.85 bits per heavy atom. The van der Waals surface area contributed by atoms with Gasteiger partial charge in [-0.1, -0.05) is 0 Å². The molecule has 138 valence electrons. The van der Waals surface area contributed by atoms with E-state index in [0.29, 0.717) is 18.3 Å². The van der Waals surface area contributed by atoms with E-state index in [4.69, 9.17) is 0 Å². The van der Waals surface area contributed by atoms with Crippen LogP contribution in [-0.2, 0) is 11.8 Å². The van der Waals surface area contributed by atoms with Crippen molar-refractivity contribution in [1.82, 2.24) is 20.1 Å². The molecule has 1 saturated carbocycles. The largest absolute Gasteiger partial charge is 0.317 e. The molecule has 2 aromatic rings. The van der Waals surface area contributed by atoms with E-state index < -0.39 is 11.6 Å². The van der Waals surface area contributed by atoms with Gasteiger partial charge in [-0.05, 0) is 62.0 Å². The minimum Gasteiger partial charge on any atom is -0.317 e. The van der Waals surface area contributed by atoms with Crippen LogP contribution >= 0.6 is 0 Å². The number of piperidine rings is 1. The zero-order valence-electron chi connectivity index (χ0n) is 14.5. The van der Waals surface area contributed by atoms with Crippen LogP contribution in [0.3, 0.4) is 0 Å². The predicted octanol–water partition coefficient (Wildman–Crippen LogP) is 2.30. The first-order chi connectivity index (χ1) is 12.5. The molecule has 1 aliphatic carbocycles. The third-order valence-corrected chi connectivity index (χ3v) is 5.20. The fourth-order valence-corrected chi connectivity index (χ4v) is 3.60. The molecule has 6 nitrogen and oxygen atoms in total. The summed E-state index contributed by atoms with van der Waals surface area (Å²) in [5.74, 6) is -0.421. The standard InChI is InChI=1S/C18H21F2N5O/c1-25-18(22-16(24-25)10-4-6-21-7-5-10)23-17(26)14-9-12(14)13-8-11(19)2-3-15(13)20/h2-3,8,10,12,14,21H,4-7,9H2,1H3,(H,22,23,24,26). The van der Waals surface area contributed by atoms with Crippen LogP contribution in [0.1, 0.15) is 42.5 Å². The van der Waals surface area contributed by atoms with E-state index in [9.17, 15) is 13.6 Å². The van der Waals surface area contributed by atoms with Crippen LogP contribution in [0.2, 0.25) is 0 Å². The van der Waals surface area contributed by atoms with Gasteiger partial charge >= 0.3 is 0 Å². The summed E-state index contributed by atoms with van der Waals surface area (Å²) in [7, 11) is 1.74. The molecule has 2 heterocycles. The molecule has 26 heavy (non-hydrogen) atoms. The molecule has 2 N–H and O–H groups in total. The van der Waals surface area contributed by atoms with E-state index in [2.05, 4.69) is 20.7 Å². The lowest BCUT2D eigenvalue weighted by atomic mass is 9.98. The first kappa shape index (κ1) is 17.1. The van der Waals surface area contributed by atoms with Crippen LogP contribution in [0, 0.1) is 17.6 Å². The Labute approximate surface area is 150 Å². The Morgan fingerprint density at radius 2 is 2.08 bits per heavy atom. The van der Waals surface area contributed by atoms with E-state index in [1.54, 1.807) is 11.7 Å². The van der Waals surface area contributed by atoms with Gasteiger partial charge in [-0.3, -0.25) is 10.1 Å². The quantitative estimate of drug-likeness (QED) is 0.877. The van der Waals surface area contributed by atoms with Gasteiger partial charge in [0.05, 0.1) is 0 Å². The number of carbonyl (C=O) groups is 1. The second-order valence-corrected chi connectivity index (χ2v) is 7.05. The summed E-state index contributed by atoms with van der Waals surface area (Å²) in [6, 6.07) is 3.36. The van der Waals surface area contributed by atoms with Crippen molar-refractivity contribution < 1.29 is 13.6 Å². The molecule has 4 rings (SSSR count). The number of nitrogens with zero attached hydrogens (tertiary/aromatic N) is 3. The Bertz CT molecular complexity index is 831. The second kappa shape index (κ2) is 6.75. The Hall–Kier alpha value is -2.35. The fourth-order valence-electron chi connectivity index (χ4n) is 3.60. The number of amides is 1. The fraction of sp³-hybridized carbons (Fsp3) is 0.500. The average Bonchev–Trinajstić information content (AvgIpc) is 3.36. The van der Waals surface area contributed by atoms with Crippen LogP contribution < -0.4 is 10.6 Å². The number of aromatic nitrogens is 3. The van der Waals surface area contributed by atoms with Crippen molar-refractivity contribution >= 4 is 11.9 Å². The highest BCUT2D eigenvalue weighted by Crippen LogP contribution is 2.48. The minimum atomic E-state index is -0.493. The smallest absolute Gasteiger partial charge is 0.230 e. The molecule has 2 aliphatic rings. The molecule has 1 saturated heterocycles. The number of anilines is 1. The topological polar surface area (TPSA) is 71.8 Å². The zero-order valence-corrected chi connectivity index (χ0v) is 14.5. The number of hydrogen-bond acceptors (Lipinski definition) is 4. The van der Waals surface area contributed by atoms with Crippen LogP contribution in [0.4, 0.5) is 14.7 Å². The van der Waals surface area contributed by atoms with Gasteiger partial charge in [0.15, 0.2) is 5.82 Å². The summed E-state index contributed by atoms with van der Waals surface area (Å²) in [6.07, 6.45) is 2.45. The van der Waals surface area contributed by atoms with Gasteiger partial charge < -0.3 is 5.32 Å². The van der Waals surface area contributed by atoms with Crippen molar-refractivity contribution in [2.45, 2.75) is 31.1 Å². The summed E-state index contributed by atoms with van der Waals surface area (Å²) < 4.78 is 28.8. The van der Waals surface area contributed by atoms with Crippen molar-refractivity contribution in [1.29, 1.82) is 0 Å². The lowest BCUT2D eigenvalue weighted by molar-refractivity contribution is -0.117. The monoisotopic (exact) mass is 361 g/mol. The average molecular weight is 361 g/mol.